The third-order valence-electron chi connectivity index (χ3n) is 3.83. The molecule has 0 aliphatic carbocycles. The van der Waals surface area contributed by atoms with Gasteiger partial charge in [-0.25, -0.2) is 9.59 Å². The van der Waals surface area contributed by atoms with Crippen LogP contribution in [0.2, 0.25) is 0 Å². The summed E-state index contributed by atoms with van der Waals surface area (Å²) in [6.07, 6.45) is 3.36. The van der Waals surface area contributed by atoms with Crippen LogP contribution in [0.25, 0.3) is 0 Å². The monoisotopic (exact) mass is 270 g/mol. The van der Waals surface area contributed by atoms with Gasteiger partial charge in [-0.15, -0.1) is 0 Å². The van der Waals surface area contributed by atoms with Crippen LogP contribution < -0.4 is 5.32 Å². The normalized spacial score (nSPS) is 23.5. The lowest BCUT2D eigenvalue weighted by Crippen LogP contribution is -2.53. The van der Waals surface area contributed by atoms with Crippen LogP contribution in [0, 0.1) is 11.8 Å². The second kappa shape index (κ2) is 7.36. The predicted molar refractivity (Wildman–Crippen MR) is 74.0 cm³/mol. The summed E-state index contributed by atoms with van der Waals surface area (Å²) in [4.78, 5) is 24.8. The quantitative estimate of drug-likeness (QED) is 0.805. The van der Waals surface area contributed by atoms with Crippen molar-refractivity contribution >= 4 is 12.0 Å². The fourth-order valence-electron chi connectivity index (χ4n) is 2.46. The Morgan fingerprint density at radius 1 is 1.42 bits per heavy atom. The first-order valence-corrected chi connectivity index (χ1v) is 7.23. The third-order valence-corrected chi connectivity index (χ3v) is 3.83. The van der Waals surface area contributed by atoms with Gasteiger partial charge in [-0.3, -0.25) is 0 Å². The average molecular weight is 270 g/mol. The van der Waals surface area contributed by atoms with E-state index in [0.29, 0.717) is 31.3 Å². The Balaban J connectivity index is 2.54. The number of aliphatic carboxylic acids is 1. The second-order valence-electron chi connectivity index (χ2n) is 5.76. The molecule has 2 amide bonds. The minimum atomic E-state index is -0.892. The van der Waals surface area contributed by atoms with Gasteiger partial charge in [-0.1, -0.05) is 27.2 Å². The van der Waals surface area contributed by atoms with Gasteiger partial charge >= 0.3 is 12.0 Å². The number of hydrogen-bond donors (Lipinski definition) is 2. The molecule has 1 fully saturated rings. The van der Waals surface area contributed by atoms with Crippen molar-refractivity contribution in [2.45, 2.75) is 52.5 Å². The van der Waals surface area contributed by atoms with Crippen molar-refractivity contribution in [2.75, 3.05) is 13.1 Å². The summed E-state index contributed by atoms with van der Waals surface area (Å²) in [5.74, 6) is 0.0550. The second-order valence-corrected chi connectivity index (χ2v) is 5.76. The Labute approximate surface area is 115 Å². The van der Waals surface area contributed by atoms with Crippen molar-refractivity contribution < 1.29 is 14.7 Å². The van der Waals surface area contributed by atoms with Crippen LogP contribution in [0.15, 0.2) is 0 Å². The van der Waals surface area contributed by atoms with Gasteiger partial charge < -0.3 is 15.3 Å². The molecule has 0 bridgehead atoms. The van der Waals surface area contributed by atoms with Gasteiger partial charge in [0.05, 0.1) is 0 Å². The summed E-state index contributed by atoms with van der Waals surface area (Å²) in [5.41, 5.74) is 0. The highest BCUT2D eigenvalue weighted by atomic mass is 16.4. The number of piperidine rings is 1. The SMILES string of the molecule is CCC1CCN(C(=O)NCCC(C)C)C(C(=O)O)C1. The highest BCUT2D eigenvalue weighted by molar-refractivity contribution is 5.82. The molecule has 2 unspecified atom stereocenters. The van der Waals surface area contributed by atoms with E-state index in [1.807, 2.05) is 0 Å². The molecule has 1 saturated heterocycles. The van der Waals surface area contributed by atoms with Crippen LogP contribution in [-0.4, -0.2) is 41.1 Å². The fraction of sp³-hybridized carbons (Fsp3) is 0.857. The Morgan fingerprint density at radius 2 is 2.11 bits per heavy atom. The number of nitrogens with zero attached hydrogens (tertiary/aromatic N) is 1. The van der Waals surface area contributed by atoms with Gasteiger partial charge in [0, 0.05) is 13.1 Å². The molecule has 0 aromatic heterocycles. The molecule has 1 aliphatic rings. The number of urea groups is 1. The molecular formula is C14H26N2O3. The van der Waals surface area contributed by atoms with Gasteiger partial charge in [-0.05, 0) is 31.1 Å². The van der Waals surface area contributed by atoms with Gasteiger partial charge in [0.2, 0.25) is 0 Å². The number of rotatable bonds is 5. The van der Waals surface area contributed by atoms with Crippen LogP contribution in [0.3, 0.4) is 0 Å². The Hall–Kier alpha value is -1.26. The summed E-state index contributed by atoms with van der Waals surface area (Å²) in [7, 11) is 0. The molecule has 1 rings (SSSR count). The number of likely N-dealkylation sites (tertiary alicyclic amines) is 1. The number of hydrogen-bond acceptors (Lipinski definition) is 2. The zero-order chi connectivity index (χ0) is 14.4. The molecule has 0 aromatic carbocycles. The van der Waals surface area contributed by atoms with E-state index in [0.717, 1.165) is 19.3 Å². The Morgan fingerprint density at radius 3 is 2.63 bits per heavy atom. The molecule has 1 heterocycles. The Kier molecular flexibility index (Phi) is 6.12. The van der Waals surface area contributed by atoms with Crippen molar-refractivity contribution in [1.29, 1.82) is 0 Å². The molecule has 2 N–H and O–H groups in total. The molecule has 5 heteroatoms. The molecule has 1 aliphatic heterocycles. The lowest BCUT2D eigenvalue weighted by molar-refractivity contribution is -0.144. The molecule has 0 radical (unpaired) electrons. The van der Waals surface area contributed by atoms with E-state index < -0.39 is 12.0 Å². The van der Waals surface area contributed by atoms with Crippen molar-refractivity contribution in [3.8, 4) is 0 Å². The van der Waals surface area contributed by atoms with E-state index >= 15 is 0 Å². The zero-order valence-electron chi connectivity index (χ0n) is 12.2. The average Bonchev–Trinajstić information content (AvgIpc) is 2.37. The number of carbonyl (C=O) groups excluding carboxylic acids is 1. The van der Waals surface area contributed by atoms with Crippen molar-refractivity contribution in [3.63, 3.8) is 0 Å². The van der Waals surface area contributed by atoms with Gasteiger partial charge in [0.15, 0.2) is 0 Å². The minimum absolute atomic E-state index is 0.234. The molecule has 0 aromatic rings. The first-order chi connectivity index (χ1) is 8.95. The van der Waals surface area contributed by atoms with E-state index in [1.165, 1.54) is 4.90 Å². The van der Waals surface area contributed by atoms with E-state index in [2.05, 4.69) is 26.1 Å². The van der Waals surface area contributed by atoms with E-state index in [4.69, 9.17) is 0 Å². The molecule has 0 spiro atoms. The summed E-state index contributed by atoms with van der Waals surface area (Å²) < 4.78 is 0. The lowest BCUT2D eigenvalue weighted by Gasteiger charge is -2.36. The first kappa shape index (κ1) is 15.8. The van der Waals surface area contributed by atoms with Crippen molar-refractivity contribution in [2.24, 2.45) is 11.8 Å². The summed E-state index contributed by atoms with van der Waals surface area (Å²) >= 11 is 0. The van der Waals surface area contributed by atoms with E-state index in [-0.39, 0.29) is 6.03 Å². The highest BCUT2D eigenvalue weighted by Gasteiger charge is 2.35. The van der Waals surface area contributed by atoms with Crippen LogP contribution in [0.4, 0.5) is 4.79 Å². The molecule has 2 atom stereocenters. The number of carboxylic acid groups (broad SMARTS) is 1. The van der Waals surface area contributed by atoms with Crippen molar-refractivity contribution in [3.05, 3.63) is 0 Å². The maximum atomic E-state index is 12.0. The maximum absolute atomic E-state index is 12.0. The molecular weight excluding hydrogens is 244 g/mol. The first-order valence-electron chi connectivity index (χ1n) is 7.23. The zero-order valence-corrected chi connectivity index (χ0v) is 12.2. The smallest absolute Gasteiger partial charge is 0.326 e. The Bertz CT molecular complexity index is 318. The minimum Gasteiger partial charge on any atom is -0.480 e. The molecule has 0 saturated carbocycles. The molecule has 110 valence electrons. The molecule has 5 nitrogen and oxygen atoms in total. The fourth-order valence-corrected chi connectivity index (χ4v) is 2.46. The van der Waals surface area contributed by atoms with Crippen LogP contribution in [0.1, 0.15) is 46.5 Å². The summed E-state index contributed by atoms with van der Waals surface area (Å²) in [6.45, 7) is 7.42. The maximum Gasteiger partial charge on any atom is 0.326 e. The van der Waals surface area contributed by atoms with Gasteiger partial charge in [-0.2, -0.15) is 0 Å². The number of carboxylic acids is 1. The van der Waals surface area contributed by atoms with Crippen LogP contribution in [0.5, 0.6) is 0 Å². The number of amides is 2. The van der Waals surface area contributed by atoms with E-state index in [9.17, 15) is 14.7 Å². The van der Waals surface area contributed by atoms with E-state index in [1.54, 1.807) is 0 Å². The van der Waals surface area contributed by atoms with Gasteiger partial charge in [0.25, 0.3) is 0 Å². The lowest BCUT2D eigenvalue weighted by atomic mass is 9.89. The largest absolute Gasteiger partial charge is 0.480 e. The number of carbonyl (C=O) groups is 2. The highest BCUT2D eigenvalue weighted by Crippen LogP contribution is 2.25. The summed E-state index contributed by atoms with van der Waals surface area (Å²) in [6, 6.07) is -0.902. The summed E-state index contributed by atoms with van der Waals surface area (Å²) in [5, 5.41) is 12.1. The number of nitrogens with one attached hydrogen (secondary N) is 1. The predicted octanol–water partition coefficient (Wildman–Crippen LogP) is 2.32. The van der Waals surface area contributed by atoms with Gasteiger partial charge in [0.1, 0.15) is 6.04 Å². The van der Waals surface area contributed by atoms with Crippen LogP contribution in [-0.2, 0) is 4.79 Å². The topological polar surface area (TPSA) is 69.6 Å². The third kappa shape index (κ3) is 4.73. The molecule has 19 heavy (non-hydrogen) atoms. The standard InChI is InChI=1S/C14H26N2O3/c1-4-11-6-8-16(12(9-11)13(17)18)14(19)15-7-5-10(2)3/h10-12H,4-9H2,1-3H3,(H,15,19)(H,17,18). The van der Waals surface area contributed by atoms with Crippen molar-refractivity contribution in [1.82, 2.24) is 10.2 Å². The van der Waals surface area contributed by atoms with Crippen LogP contribution >= 0.6 is 0 Å².